The first kappa shape index (κ1) is 14.6. The highest BCUT2D eigenvalue weighted by molar-refractivity contribution is 8.15. The Labute approximate surface area is 113 Å². The zero-order valence-corrected chi connectivity index (χ0v) is 11.5. The normalized spacial score (nSPS) is 26.9. The SMILES string of the molecule is O=S(=O)(O)C1NC(S(=O)(=O)O)/C(=C/c2cc[c]o2)S1. The minimum Gasteiger partial charge on any atom is -0.453 e. The Balaban J connectivity index is 2.40. The van der Waals surface area contributed by atoms with E-state index in [1.807, 2.05) is 0 Å². The minimum atomic E-state index is -4.58. The molecule has 1 fully saturated rings. The second-order valence-electron chi connectivity index (χ2n) is 3.53. The lowest BCUT2D eigenvalue weighted by atomic mass is 10.4. The Bertz CT molecular complexity index is 689. The number of rotatable bonds is 3. The van der Waals surface area contributed by atoms with Gasteiger partial charge in [0.1, 0.15) is 5.76 Å². The van der Waals surface area contributed by atoms with Gasteiger partial charge in [0.15, 0.2) is 16.3 Å². The van der Waals surface area contributed by atoms with E-state index >= 15 is 0 Å². The summed E-state index contributed by atoms with van der Waals surface area (Å²) in [6, 6.07) is 2.90. The molecule has 2 heterocycles. The molecule has 1 saturated heterocycles. The fourth-order valence-corrected chi connectivity index (χ4v) is 4.71. The molecule has 1 aliphatic heterocycles. The lowest BCUT2D eigenvalue weighted by molar-refractivity contribution is 0.458. The van der Waals surface area contributed by atoms with E-state index in [1.165, 1.54) is 18.2 Å². The third kappa shape index (κ3) is 3.38. The fraction of sp³-hybridized carbons (Fsp3) is 0.250. The van der Waals surface area contributed by atoms with Gasteiger partial charge in [0.25, 0.3) is 20.2 Å². The van der Waals surface area contributed by atoms with Crippen LogP contribution in [0.5, 0.6) is 0 Å². The van der Waals surface area contributed by atoms with Crippen LogP contribution in [0.3, 0.4) is 0 Å². The monoisotopic (exact) mass is 326 g/mol. The molecule has 0 aliphatic carbocycles. The van der Waals surface area contributed by atoms with Crippen LogP contribution in [0.1, 0.15) is 5.76 Å². The van der Waals surface area contributed by atoms with Gasteiger partial charge in [0.05, 0.1) is 0 Å². The van der Waals surface area contributed by atoms with Crippen molar-refractivity contribution in [2.45, 2.75) is 10.1 Å². The van der Waals surface area contributed by atoms with Gasteiger partial charge >= 0.3 is 0 Å². The summed E-state index contributed by atoms with van der Waals surface area (Å²) in [6.07, 6.45) is 3.60. The molecule has 1 aromatic rings. The van der Waals surface area contributed by atoms with Crippen molar-refractivity contribution in [3.63, 3.8) is 0 Å². The van der Waals surface area contributed by atoms with Gasteiger partial charge < -0.3 is 4.42 Å². The molecule has 1 radical (unpaired) electrons. The van der Waals surface area contributed by atoms with Crippen molar-refractivity contribution < 1.29 is 30.4 Å². The van der Waals surface area contributed by atoms with Crippen LogP contribution in [0.25, 0.3) is 6.08 Å². The van der Waals surface area contributed by atoms with E-state index in [2.05, 4.69) is 11.6 Å². The highest BCUT2D eigenvalue weighted by Crippen LogP contribution is 2.37. The molecule has 2 atom stereocenters. The Hall–Kier alpha value is -0.850. The van der Waals surface area contributed by atoms with Crippen molar-refractivity contribution >= 4 is 38.1 Å². The highest BCUT2D eigenvalue weighted by atomic mass is 32.3. The van der Waals surface area contributed by atoms with Crippen molar-refractivity contribution in [3.8, 4) is 0 Å². The van der Waals surface area contributed by atoms with Crippen LogP contribution in [-0.2, 0) is 20.2 Å². The molecule has 0 amide bonds. The fourth-order valence-electron chi connectivity index (χ4n) is 1.38. The summed E-state index contributed by atoms with van der Waals surface area (Å²) in [5, 5.41) is 0.456. The summed E-state index contributed by atoms with van der Waals surface area (Å²) < 4.78 is 65.5. The molecule has 105 valence electrons. The Morgan fingerprint density at radius 3 is 2.47 bits per heavy atom. The Morgan fingerprint density at radius 1 is 1.32 bits per heavy atom. The zero-order valence-electron chi connectivity index (χ0n) is 9.05. The summed E-state index contributed by atoms with van der Waals surface area (Å²) in [7, 11) is -9.09. The topological polar surface area (TPSA) is 134 Å². The number of furan rings is 1. The molecule has 0 bridgehead atoms. The van der Waals surface area contributed by atoms with Crippen LogP contribution in [0.2, 0.25) is 0 Å². The molecular formula is C8H8NO7S3. The summed E-state index contributed by atoms with van der Waals surface area (Å²) in [6.45, 7) is 0. The maximum Gasteiger partial charge on any atom is 0.291 e. The third-order valence-electron chi connectivity index (χ3n) is 2.13. The van der Waals surface area contributed by atoms with Gasteiger partial charge in [-0.1, -0.05) is 11.8 Å². The van der Waals surface area contributed by atoms with E-state index in [4.69, 9.17) is 13.5 Å². The van der Waals surface area contributed by atoms with Crippen LogP contribution in [0.4, 0.5) is 0 Å². The van der Waals surface area contributed by atoms with Crippen LogP contribution in [0, 0.1) is 6.26 Å². The van der Waals surface area contributed by atoms with Gasteiger partial charge in [-0.05, 0) is 18.2 Å². The first-order valence-electron chi connectivity index (χ1n) is 4.71. The number of hydrogen-bond acceptors (Lipinski definition) is 7. The average molecular weight is 326 g/mol. The molecule has 0 saturated carbocycles. The molecule has 3 N–H and O–H groups in total. The summed E-state index contributed by atoms with van der Waals surface area (Å²) in [5.74, 6) is 0.230. The second kappa shape index (κ2) is 4.92. The second-order valence-corrected chi connectivity index (χ2v) is 8.01. The molecule has 1 aromatic heterocycles. The molecule has 1 aliphatic rings. The minimum absolute atomic E-state index is 0.0199. The van der Waals surface area contributed by atoms with E-state index in [9.17, 15) is 16.8 Å². The highest BCUT2D eigenvalue weighted by Gasteiger charge is 2.43. The largest absolute Gasteiger partial charge is 0.453 e. The molecular weight excluding hydrogens is 318 g/mol. The molecule has 2 rings (SSSR count). The van der Waals surface area contributed by atoms with Crippen molar-refractivity contribution in [3.05, 3.63) is 29.1 Å². The quantitative estimate of drug-likeness (QED) is 0.663. The predicted molar refractivity (Wildman–Crippen MR) is 66.9 cm³/mol. The van der Waals surface area contributed by atoms with Gasteiger partial charge in [-0.2, -0.15) is 16.8 Å². The van der Waals surface area contributed by atoms with Gasteiger partial charge in [-0.3, -0.25) is 14.4 Å². The standard InChI is InChI=1S/C8H8NO7S3/c10-18(11,12)7-6(4-5-2-1-3-16-5)17-8(9-7)19(13,14)15/h1-2,4,7-9H,(H,10,11,12)(H,13,14,15)/b6-4-. The van der Waals surface area contributed by atoms with Gasteiger partial charge in [-0.15, -0.1) is 0 Å². The lowest BCUT2D eigenvalue weighted by Crippen LogP contribution is -2.38. The number of hydrogen-bond donors (Lipinski definition) is 3. The van der Waals surface area contributed by atoms with Crippen molar-refractivity contribution in [1.29, 1.82) is 0 Å². The maximum absolute atomic E-state index is 11.2. The number of thioether (sulfide) groups is 1. The average Bonchev–Trinajstić information content (AvgIpc) is 2.84. The van der Waals surface area contributed by atoms with E-state index in [-0.39, 0.29) is 10.7 Å². The van der Waals surface area contributed by atoms with Crippen LogP contribution in [0.15, 0.2) is 21.5 Å². The lowest BCUT2D eigenvalue weighted by Gasteiger charge is -2.08. The van der Waals surface area contributed by atoms with E-state index < -0.39 is 30.3 Å². The molecule has 19 heavy (non-hydrogen) atoms. The maximum atomic E-state index is 11.2. The predicted octanol–water partition coefficient (Wildman–Crippen LogP) is 0.142. The van der Waals surface area contributed by atoms with Gasteiger partial charge in [-0.25, -0.2) is 0 Å². The zero-order chi connectivity index (χ0) is 14.3. The Morgan fingerprint density at radius 2 is 2.00 bits per heavy atom. The van der Waals surface area contributed by atoms with E-state index in [0.717, 1.165) is 0 Å². The van der Waals surface area contributed by atoms with Crippen molar-refractivity contribution in [2.75, 3.05) is 0 Å². The third-order valence-corrected chi connectivity index (χ3v) is 5.94. The summed E-state index contributed by atoms with van der Waals surface area (Å²) in [4.78, 5) is -0.0199. The van der Waals surface area contributed by atoms with Crippen LogP contribution in [-0.4, -0.2) is 36.0 Å². The molecule has 8 nitrogen and oxygen atoms in total. The smallest absolute Gasteiger partial charge is 0.291 e. The van der Waals surface area contributed by atoms with Crippen molar-refractivity contribution in [1.82, 2.24) is 5.32 Å². The van der Waals surface area contributed by atoms with Gasteiger partial charge in [0, 0.05) is 4.91 Å². The summed E-state index contributed by atoms with van der Waals surface area (Å²) in [5.41, 5.74) is 0. The summed E-state index contributed by atoms with van der Waals surface area (Å²) >= 11 is 0.550. The van der Waals surface area contributed by atoms with E-state index in [1.54, 1.807) is 0 Å². The Kier molecular flexibility index (Phi) is 3.77. The van der Waals surface area contributed by atoms with E-state index in [0.29, 0.717) is 11.8 Å². The first-order valence-corrected chi connectivity index (χ1v) is 8.59. The van der Waals surface area contributed by atoms with Gasteiger partial charge in [0.2, 0.25) is 0 Å². The molecule has 0 spiro atoms. The van der Waals surface area contributed by atoms with Crippen LogP contribution >= 0.6 is 11.8 Å². The first-order chi connectivity index (χ1) is 8.68. The molecule has 2 unspecified atom stereocenters. The van der Waals surface area contributed by atoms with Crippen LogP contribution < -0.4 is 5.32 Å². The molecule has 11 heteroatoms. The molecule has 0 aromatic carbocycles. The number of nitrogens with one attached hydrogen (secondary N) is 1. The van der Waals surface area contributed by atoms with Crippen molar-refractivity contribution in [2.24, 2.45) is 0 Å².